The largest absolute Gasteiger partial charge is 0.335 e. The highest BCUT2D eigenvalue weighted by atomic mass is 32.1. The van der Waals surface area contributed by atoms with Gasteiger partial charge in [-0.1, -0.05) is 19.3 Å². The number of hydrogen-bond acceptors (Lipinski definition) is 7. The van der Waals surface area contributed by atoms with Crippen LogP contribution in [0.5, 0.6) is 0 Å². The molecule has 0 aromatic carbocycles. The van der Waals surface area contributed by atoms with Crippen LogP contribution in [-0.4, -0.2) is 41.0 Å². The van der Waals surface area contributed by atoms with E-state index in [9.17, 15) is 4.79 Å². The van der Waals surface area contributed by atoms with Gasteiger partial charge in [0.05, 0.1) is 34.8 Å². The van der Waals surface area contributed by atoms with Gasteiger partial charge in [0.25, 0.3) is 0 Å². The molecule has 1 fully saturated rings. The molecule has 9 nitrogen and oxygen atoms in total. The topological polar surface area (TPSA) is 125 Å². The van der Waals surface area contributed by atoms with Crippen molar-refractivity contribution in [3.05, 3.63) is 60.0 Å². The van der Waals surface area contributed by atoms with Crippen LogP contribution in [0.3, 0.4) is 0 Å². The number of fused-ring (bicyclic) bond motifs is 2. The zero-order valence-electron chi connectivity index (χ0n) is 22.1. The molecule has 0 atom stereocenters. The number of aromatic amines is 2. The molecule has 0 unspecified atom stereocenters. The normalized spacial score (nSPS) is 14.2. The van der Waals surface area contributed by atoms with Crippen LogP contribution in [0.2, 0.25) is 0 Å². The number of nitrogens with zero attached hydrogens (tertiary/aromatic N) is 5. The summed E-state index contributed by atoms with van der Waals surface area (Å²) in [5.41, 5.74) is 7.03. The van der Waals surface area contributed by atoms with Gasteiger partial charge in [0.1, 0.15) is 11.0 Å². The Balaban J connectivity index is 1.19. The zero-order valence-corrected chi connectivity index (χ0v) is 22.9. The number of H-pyrrole nitrogens is 2. The van der Waals surface area contributed by atoms with E-state index in [1.165, 1.54) is 24.1 Å². The summed E-state index contributed by atoms with van der Waals surface area (Å²) in [6.07, 6.45) is 13.6. The van der Waals surface area contributed by atoms with Gasteiger partial charge < -0.3 is 10.3 Å². The number of thiophene rings is 1. The average molecular weight is 549 g/mol. The molecule has 0 bridgehead atoms. The quantitative estimate of drug-likeness (QED) is 0.208. The summed E-state index contributed by atoms with van der Waals surface area (Å²) in [5.74, 6) is 1.14. The van der Waals surface area contributed by atoms with E-state index in [0.29, 0.717) is 35.1 Å². The lowest BCUT2D eigenvalue weighted by atomic mass is 9.87. The minimum Gasteiger partial charge on any atom is -0.335 e. The standard InChI is InChI=1S/C30H28N8OS/c1-17-7-10-25(40-17)21-15-32-16-24-27(21)36-30(35-24)29-28-23(37-38-29)9-8-22(34-28)19-12-20(14-31-13-19)33-26(39)11-18-5-3-2-4-6-18/h7-10,12-16,18H,2-6,11H2,1H3,(H,33,39)(H,35,36)(H,37,38). The summed E-state index contributed by atoms with van der Waals surface area (Å²) in [6.45, 7) is 2.09. The first-order chi connectivity index (χ1) is 19.6. The van der Waals surface area contributed by atoms with Crippen molar-refractivity contribution >= 4 is 45.0 Å². The van der Waals surface area contributed by atoms with Gasteiger partial charge >= 0.3 is 0 Å². The summed E-state index contributed by atoms with van der Waals surface area (Å²) < 4.78 is 0. The minimum atomic E-state index is 0.0443. The molecule has 3 N–H and O–H groups in total. The molecule has 7 rings (SSSR count). The number of amides is 1. The monoisotopic (exact) mass is 548 g/mol. The Morgan fingerprint density at radius 1 is 0.975 bits per heavy atom. The van der Waals surface area contributed by atoms with E-state index in [1.54, 1.807) is 29.9 Å². The SMILES string of the molecule is Cc1ccc(-c2cncc3[nH]c(-c4n[nH]c5ccc(-c6cncc(NC(=O)CC7CCCCC7)c6)nc45)nc23)s1. The van der Waals surface area contributed by atoms with Crippen LogP contribution >= 0.6 is 11.3 Å². The van der Waals surface area contributed by atoms with Crippen LogP contribution in [0.1, 0.15) is 43.4 Å². The number of carbonyl (C=O) groups is 1. The number of imidazole rings is 1. The van der Waals surface area contributed by atoms with Gasteiger partial charge in [-0.15, -0.1) is 11.3 Å². The lowest BCUT2D eigenvalue weighted by Gasteiger charge is -2.20. The minimum absolute atomic E-state index is 0.0443. The summed E-state index contributed by atoms with van der Waals surface area (Å²) in [4.78, 5) is 37.1. The van der Waals surface area contributed by atoms with Gasteiger partial charge in [-0.25, -0.2) is 9.97 Å². The Labute approximate surface area is 234 Å². The summed E-state index contributed by atoms with van der Waals surface area (Å²) in [6, 6.07) is 10.00. The molecule has 200 valence electrons. The average Bonchev–Trinajstić information content (AvgIpc) is 3.71. The molecular weight excluding hydrogens is 520 g/mol. The molecule has 1 aliphatic carbocycles. The van der Waals surface area contributed by atoms with Crippen LogP contribution in [0.15, 0.2) is 55.1 Å². The molecule has 0 saturated heterocycles. The number of rotatable bonds is 6. The maximum atomic E-state index is 12.7. The van der Waals surface area contributed by atoms with Crippen molar-refractivity contribution in [3.63, 3.8) is 0 Å². The summed E-state index contributed by atoms with van der Waals surface area (Å²) in [5, 5.41) is 10.7. The number of carbonyl (C=O) groups excluding carboxylic acids is 1. The van der Waals surface area contributed by atoms with Crippen LogP contribution in [0, 0.1) is 12.8 Å². The van der Waals surface area contributed by atoms with Crippen molar-refractivity contribution < 1.29 is 4.79 Å². The van der Waals surface area contributed by atoms with Crippen molar-refractivity contribution in [2.24, 2.45) is 5.92 Å². The third-order valence-corrected chi connectivity index (χ3v) is 8.58. The maximum absolute atomic E-state index is 12.7. The van der Waals surface area contributed by atoms with Crippen molar-refractivity contribution in [2.45, 2.75) is 45.4 Å². The number of nitrogens with one attached hydrogen (secondary N) is 3. The Morgan fingerprint density at radius 3 is 2.70 bits per heavy atom. The predicted octanol–water partition coefficient (Wildman–Crippen LogP) is 6.90. The second-order valence-corrected chi connectivity index (χ2v) is 11.8. The molecule has 0 spiro atoms. The molecule has 1 saturated carbocycles. The number of aromatic nitrogens is 7. The number of anilines is 1. The molecule has 0 radical (unpaired) electrons. The fourth-order valence-corrected chi connectivity index (χ4v) is 6.42. The van der Waals surface area contributed by atoms with Crippen LogP contribution in [0.4, 0.5) is 5.69 Å². The molecule has 6 heterocycles. The van der Waals surface area contributed by atoms with E-state index in [0.717, 1.165) is 51.1 Å². The van der Waals surface area contributed by atoms with Gasteiger partial charge in [0.15, 0.2) is 11.5 Å². The fourth-order valence-electron chi connectivity index (χ4n) is 5.54. The lowest BCUT2D eigenvalue weighted by Crippen LogP contribution is -2.18. The van der Waals surface area contributed by atoms with Gasteiger partial charge in [0, 0.05) is 39.7 Å². The van der Waals surface area contributed by atoms with Crippen molar-refractivity contribution in [1.29, 1.82) is 0 Å². The zero-order chi connectivity index (χ0) is 27.1. The second-order valence-electron chi connectivity index (χ2n) is 10.5. The maximum Gasteiger partial charge on any atom is 0.224 e. The van der Waals surface area contributed by atoms with E-state index in [2.05, 4.69) is 49.5 Å². The van der Waals surface area contributed by atoms with E-state index in [1.807, 2.05) is 24.4 Å². The molecule has 6 aromatic rings. The highest BCUT2D eigenvalue weighted by Crippen LogP contribution is 2.34. The molecule has 0 aliphatic heterocycles. The second kappa shape index (κ2) is 10.3. The van der Waals surface area contributed by atoms with Gasteiger partial charge in [0.2, 0.25) is 5.91 Å². The molecule has 6 aromatic heterocycles. The Hall–Kier alpha value is -4.44. The fraction of sp³-hybridized carbons (Fsp3) is 0.267. The number of aryl methyl sites for hydroxylation is 1. The number of hydrogen-bond donors (Lipinski definition) is 3. The first-order valence-electron chi connectivity index (χ1n) is 13.6. The Morgan fingerprint density at radius 2 is 1.85 bits per heavy atom. The van der Waals surface area contributed by atoms with Crippen LogP contribution in [0.25, 0.3) is 55.3 Å². The summed E-state index contributed by atoms with van der Waals surface area (Å²) in [7, 11) is 0. The first-order valence-corrected chi connectivity index (χ1v) is 14.4. The van der Waals surface area contributed by atoms with Gasteiger partial charge in [-0.2, -0.15) is 5.10 Å². The van der Waals surface area contributed by atoms with E-state index in [-0.39, 0.29) is 5.91 Å². The lowest BCUT2D eigenvalue weighted by molar-refractivity contribution is -0.117. The third kappa shape index (κ3) is 4.75. The van der Waals surface area contributed by atoms with Crippen LogP contribution < -0.4 is 5.32 Å². The summed E-state index contributed by atoms with van der Waals surface area (Å²) >= 11 is 1.72. The van der Waals surface area contributed by atoms with Crippen molar-refractivity contribution in [2.75, 3.05) is 5.32 Å². The molecule has 1 aliphatic rings. The number of pyridine rings is 3. The Kier molecular flexibility index (Phi) is 6.31. The van der Waals surface area contributed by atoms with E-state index < -0.39 is 0 Å². The van der Waals surface area contributed by atoms with E-state index >= 15 is 0 Å². The van der Waals surface area contributed by atoms with Gasteiger partial charge in [-0.3, -0.25) is 19.9 Å². The van der Waals surface area contributed by atoms with Crippen molar-refractivity contribution in [1.82, 2.24) is 35.1 Å². The smallest absolute Gasteiger partial charge is 0.224 e. The molecule has 1 amide bonds. The van der Waals surface area contributed by atoms with E-state index in [4.69, 9.17) is 9.97 Å². The van der Waals surface area contributed by atoms with Crippen LogP contribution in [-0.2, 0) is 4.79 Å². The highest BCUT2D eigenvalue weighted by molar-refractivity contribution is 7.15. The third-order valence-electron chi connectivity index (χ3n) is 7.55. The van der Waals surface area contributed by atoms with Gasteiger partial charge in [-0.05, 0) is 56.0 Å². The molecule has 10 heteroatoms. The predicted molar refractivity (Wildman–Crippen MR) is 158 cm³/mol. The molecule has 40 heavy (non-hydrogen) atoms. The molecular formula is C30H28N8OS. The van der Waals surface area contributed by atoms with Crippen molar-refractivity contribution in [3.8, 4) is 33.2 Å². The first kappa shape index (κ1) is 24.6. The Bertz CT molecular complexity index is 1850. The highest BCUT2D eigenvalue weighted by Gasteiger charge is 2.19.